The monoisotopic (exact) mass is 271 g/mol. The molecule has 4 nitrogen and oxygen atoms in total. The molecular formula is C16H21N3O. The molecule has 1 heterocycles. The predicted molar refractivity (Wildman–Crippen MR) is 78.5 cm³/mol. The fourth-order valence-corrected chi connectivity index (χ4v) is 2.24. The average Bonchev–Trinajstić information content (AvgIpc) is 3.20. The molecule has 0 unspecified atom stereocenters. The number of hydrogen-bond donors (Lipinski definition) is 1. The molecule has 0 aliphatic heterocycles. The van der Waals surface area contributed by atoms with E-state index in [0.29, 0.717) is 6.61 Å². The van der Waals surface area contributed by atoms with Gasteiger partial charge >= 0.3 is 0 Å². The first-order chi connectivity index (χ1) is 9.85. The molecular weight excluding hydrogens is 250 g/mol. The molecule has 0 bridgehead atoms. The summed E-state index contributed by atoms with van der Waals surface area (Å²) in [6, 6.07) is 12.3. The minimum Gasteiger partial charge on any atom is -0.473 e. The Morgan fingerprint density at radius 2 is 2.10 bits per heavy atom. The lowest BCUT2D eigenvalue weighted by atomic mass is 10.2. The van der Waals surface area contributed by atoms with Gasteiger partial charge in [0.15, 0.2) is 0 Å². The molecule has 1 N–H and O–H groups in total. The maximum absolute atomic E-state index is 5.95. The first kappa shape index (κ1) is 13.2. The molecule has 3 rings (SSSR count). The molecule has 1 aromatic carbocycles. The van der Waals surface area contributed by atoms with Crippen LogP contribution in [0.4, 0.5) is 0 Å². The molecule has 0 spiro atoms. The van der Waals surface area contributed by atoms with Gasteiger partial charge in [0, 0.05) is 19.2 Å². The zero-order chi connectivity index (χ0) is 13.8. The molecule has 0 amide bonds. The smallest absolute Gasteiger partial charge is 0.212 e. The Hall–Kier alpha value is -1.81. The van der Waals surface area contributed by atoms with Crippen LogP contribution in [-0.4, -0.2) is 16.8 Å². The van der Waals surface area contributed by atoms with Crippen molar-refractivity contribution >= 4 is 0 Å². The van der Waals surface area contributed by atoms with Crippen LogP contribution in [0.25, 0.3) is 0 Å². The van der Waals surface area contributed by atoms with E-state index in [9.17, 15) is 0 Å². The number of ether oxygens (including phenoxy) is 1. The summed E-state index contributed by atoms with van der Waals surface area (Å²) in [4.78, 5) is 0. The first-order valence-electron chi connectivity index (χ1n) is 7.23. The molecule has 0 atom stereocenters. The van der Waals surface area contributed by atoms with Gasteiger partial charge in [-0.3, -0.25) is 0 Å². The van der Waals surface area contributed by atoms with Crippen LogP contribution < -0.4 is 10.1 Å². The Balaban J connectivity index is 1.69. The van der Waals surface area contributed by atoms with Crippen LogP contribution in [0.15, 0.2) is 36.4 Å². The summed E-state index contributed by atoms with van der Waals surface area (Å²) in [6.45, 7) is 2.35. The minimum atomic E-state index is 0.593. The van der Waals surface area contributed by atoms with Crippen molar-refractivity contribution in [3.63, 3.8) is 0 Å². The highest BCUT2D eigenvalue weighted by atomic mass is 16.5. The van der Waals surface area contributed by atoms with Crippen molar-refractivity contribution in [2.24, 2.45) is 5.92 Å². The highest BCUT2D eigenvalue weighted by Crippen LogP contribution is 2.32. The Labute approximate surface area is 119 Å². The number of aromatic nitrogens is 2. The summed E-state index contributed by atoms with van der Waals surface area (Å²) in [7, 11) is 1.93. The maximum atomic E-state index is 5.95. The van der Waals surface area contributed by atoms with E-state index in [1.807, 2.05) is 36.0 Å². The molecule has 1 aliphatic carbocycles. The van der Waals surface area contributed by atoms with Crippen molar-refractivity contribution in [2.45, 2.75) is 32.5 Å². The van der Waals surface area contributed by atoms with E-state index in [-0.39, 0.29) is 0 Å². The number of nitrogens with one attached hydrogen (secondary N) is 1. The second-order valence-corrected chi connectivity index (χ2v) is 5.40. The molecule has 20 heavy (non-hydrogen) atoms. The lowest BCUT2D eigenvalue weighted by Crippen LogP contribution is -2.08. The molecule has 1 aliphatic rings. The average molecular weight is 271 g/mol. The number of nitrogens with zero attached hydrogens (tertiary/aromatic N) is 2. The third kappa shape index (κ3) is 3.39. The standard InChI is InChI=1S/C16H21N3O/c1-17-10-15-9-16(19(18-15)11-13-7-8-13)20-12-14-5-3-2-4-6-14/h2-6,9,13,17H,7-8,10-12H2,1H3. The molecule has 1 fully saturated rings. The van der Waals surface area contributed by atoms with Crippen molar-refractivity contribution in [3.05, 3.63) is 47.7 Å². The summed E-state index contributed by atoms with van der Waals surface area (Å²) >= 11 is 0. The normalized spacial score (nSPS) is 14.4. The fraction of sp³-hybridized carbons (Fsp3) is 0.438. The van der Waals surface area contributed by atoms with Crippen LogP contribution >= 0.6 is 0 Å². The second-order valence-electron chi connectivity index (χ2n) is 5.40. The fourth-order valence-electron chi connectivity index (χ4n) is 2.24. The number of rotatable bonds is 7. The van der Waals surface area contributed by atoms with Gasteiger partial charge in [-0.05, 0) is 31.4 Å². The largest absolute Gasteiger partial charge is 0.473 e. The molecule has 106 valence electrons. The van der Waals surface area contributed by atoms with E-state index in [4.69, 9.17) is 4.74 Å². The SMILES string of the molecule is CNCc1cc(OCc2ccccc2)n(CC2CC2)n1. The third-order valence-corrected chi connectivity index (χ3v) is 3.51. The van der Waals surface area contributed by atoms with Crippen molar-refractivity contribution < 1.29 is 4.74 Å². The Bertz CT molecular complexity index is 546. The van der Waals surface area contributed by atoms with E-state index in [0.717, 1.165) is 30.6 Å². The van der Waals surface area contributed by atoms with E-state index >= 15 is 0 Å². The molecule has 0 radical (unpaired) electrons. The van der Waals surface area contributed by atoms with Gasteiger partial charge in [0.1, 0.15) is 6.61 Å². The van der Waals surface area contributed by atoms with Crippen molar-refractivity contribution in [1.29, 1.82) is 0 Å². The number of benzene rings is 1. The molecule has 4 heteroatoms. The van der Waals surface area contributed by atoms with Gasteiger partial charge in [-0.25, -0.2) is 4.68 Å². The van der Waals surface area contributed by atoms with E-state index in [1.54, 1.807) is 0 Å². The summed E-state index contributed by atoms with van der Waals surface area (Å²) in [5, 5.41) is 7.76. The summed E-state index contributed by atoms with van der Waals surface area (Å²) in [5.74, 6) is 1.67. The van der Waals surface area contributed by atoms with Crippen LogP contribution in [0.1, 0.15) is 24.1 Å². The van der Waals surface area contributed by atoms with Crippen LogP contribution in [0.5, 0.6) is 5.88 Å². The zero-order valence-corrected chi connectivity index (χ0v) is 11.9. The van der Waals surface area contributed by atoms with Crippen LogP contribution in [0, 0.1) is 5.92 Å². The Morgan fingerprint density at radius 3 is 2.80 bits per heavy atom. The summed E-state index contributed by atoms with van der Waals surface area (Å²) in [6.07, 6.45) is 2.64. The van der Waals surface area contributed by atoms with Gasteiger partial charge in [0.25, 0.3) is 0 Å². The number of hydrogen-bond acceptors (Lipinski definition) is 3. The van der Waals surface area contributed by atoms with E-state index in [1.165, 1.54) is 18.4 Å². The quantitative estimate of drug-likeness (QED) is 0.841. The zero-order valence-electron chi connectivity index (χ0n) is 11.9. The van der Waals surface area contributed by atoms with Crippen molar-refractivity contribution in [3.8, 4) is 5.88 Å². The van der Waals surface area contributed by atoms with Gasteiger partial charge in [0.05, 0.1) is 5.69 Å². The Morgan fingerprint density at radius 1 is 1.30 bits per heavy atom. The lowest BCUT2D eigenvalue weighted by Gasteiger charge is -2.08. The topological polar surface area (TPSA) is 39.1 Å². The van der Waals surface area contributed by atoms with Gasteiger partial charge < -0.3 is 10.1 Å². The van der Waals surface area contributed by atoms with Gasteiger partial charge in [-0.15, -0.1) is 0 Å². The second kappa shape index (κ2) is 6.09. The highest BCUT2D eigenvalue weighted by molar-refractivity contribution is 5.19. The van der Waals surface area contributed by atoms with Gasteiger partial charge in [-0.2, -0.15) is 5.10 Å². The predicted octanol–water partition coefficient (Wildman–Crippen LogP) is 2.59. The van der Waals surface area contributed by atoms with Crippen LogP contribution in [-0.2, 0) is 19.7 Å². The summed E-state index contributed by atoms with van der Waals surface area (Å²) < 4.78 is 7.97. The van der Waals surface area contributed by atoms with Crippen LogP contribution in [0.3, 0.4) is 0 Å². The van der Waals surface area contributed by atoms with Crippen LogP contribution in [0.2, 0.25) is 0 Å². The summed E-state index contributed by atoms with van der Waals surface area (Å²) in [5.41, 5.74) is 2.22. The van der Waals surface area contributed by atoms with E-state index in [2.05, 4.69) is 22.5 Å². The van der Waals surface area contributed by atoms with Gasteiger partial charge in [-0.1, -0.05) is 30.3 Å². The van der Waals surface area contributed by atoms with Gasteiger partial charge in [0.2, 0.25) is 5.88 Å². The Kier molecular flexibility index (Phi) is 4.02. The van der Waals surface area contributed by atoms with E-state index < -0.39 is 0 Å². The lowest BCUT2D eigenvalue weighted by molar-refractivity contribution is 0.269. The maximum Gasteiger partial charge on any atom is 0.212 e. The molecule has 2 aromatic rings. The molecule has 0 saturated heterocycles. The van der Waals surface area contributed by atoms with Crippen molar-refractivity contribution in [2.75, 3.05) is 7.05 Å². The minimum absolute atomic E-state index is 0.593. The molecule has 1 aromatic heterocycles. The van der Waals surface area contributed by atoms with Crippen molar-refractivity contribution in [1.82, 2.24) is 15.1 Å². The first-order valence-corrected chi connectivity index (χ1v) is 7.23. The highest BCUT2D eigenvalue weighted by Gasteiger charge is 2.24. The third-order valence-electron chi connectivity index (χ3n) is 3.51. The molecule has 1 saturated carbocycles.